The molecule has 176 valence electrons. The van der Waals surface area contributed by atoms with Crippen LogP contribution in [-0.2, 0) is 26.2 Å². The molecule has 0 bridgehead atoms. The number of ether oxygens (including phenoxy) is 1. The molecule has 2 N–H and O–H groups in total. The van der Waals surface area contributed by atoms with Crippen LogP contribution in [0.4, 0.5) is 5.69 Å². The molecule has 2 aliphatic rings. The third kappa shape index (κ3) is 5.69. The van der Waals surface area contributed by atoms with Crippen molar-refractivity contribution in [3.8, 4) is 5.75 Å². The minimum atomic E-state index is -3.78. The summed E-state index contributed by atoms with van der Waals surface area (Å²) in [5, 5.41) is 2.83. The molecule has 1 fully saturated rings. The summed E-state index contributed by atoms with van der Waals surface area (Å²) in [4.78, 5) is 27.9. The van der Waals surface area contributed by atoms with E-state index in [9.17, 15) is 18.0 Å². The second-order valence-electron chi connectivity index (χ2n) is 8.12. The average Bonchev–Trinajstić information content (AvgIpc) is 3.31. The Morgan fingerprint density at radius 3 is 2.61 bits per heavy atom. The number of likely N-dealkylation sites (tertiary alicyclic amines) is 1. The molecular formula is C23H27N3O5S2. The maximum atomic E-state index is 12.8. The standard InChI is InChI=1S/C23H27N3O5S2/c1-31-18-6-4-16(5-7-18)14-24-33(29,30)19-8-9-21-20(13-19)25-23(28)17(15-32-21)12-22(27)26-10-2-3-11-26/h4-9,13,17,24H,2-3,10-12,14-15H2,1H3,(H,25,28)/t17-/m0/s1. The molecule has 33 heavy (non-hydrogen) atoms. The van der Waals surface area contributed by atoms with Crippen LogP contribution >= 0.6 is 11.8 Å². The molecule has 0 aromatic heterocycles. The lowest BCUT2D eigenvalue weighted by Crippen LogP contribution is -2.33. The summed E-state index contributed by atoms with van der Waals surface area (Å²) >= 11 is 1.46. The first kappa shape index (κ1) is 23.6. The van der Waals surface area contributed by atoms with E-state index >= 15 is 0 Å². The lowest BCUT2D eigenvalue weighted by molar-refractivity contribution is -0.133. The van der Waals surface area contributed by atoms with E-state index in [0.29, 0.717) is 17.2 Å². The Bertz CT molecular complexity index is 1130. The van der Waals surface area contributed by atoms with Gasteiger partial charge in [-0.3, -0.25) is 9.59 Å². The Labute approximate surface area is 198 Å². The molecule has 0 radical (unpaired) electrons. The van der Waals surface area contributed by atoms with Crippen molar-refractivity contribution in [1.29, 1.82) is 0 Å². The van der Waals surface area contributed by atoms with Crippen LogP contribution in [0, 0.1) is 5.92 Å². The Morgan fingerprint density at radius 2 is 1.91 bits per heavy atom. The van der Waals surface area contributed by atoms with Crippen LogP contribution in [-0.4, -0.2) is 51.1 Å². The lowest BCUT2D eigenvalue weighted by Gasteiger charge is -2.18. The van der Waals surface area contributed by atoms with Gasteiger partial charge < -0.3 is 15.0 Å². The number of thioether (sulfide) groups is 1. The fraction of sp³-hybridized carbons (Fsp3) is 0.391. The van der Waals surface area contributed by atoms with Crippen molar-refractivity contribution in [3.05, 3.63) is 48.0 Å². The first-order valence-electron chi connectivity index (χ1n) is 10.8. The van der Waals surface area contributed by atoms with E-state index in [1.165, 1.54) is 23.9 Å². The van der Waals surface area contributed by atoms with E-state index in [4.69, 9.17) is 4.74 Å². The highest BCUT2D eigenvalue weighted by Gasteiger charge is 2.30. The number of amides is 2. The SMILES string of the molecule is COc1ccc(CNS(=O)(=O)c2ccc3c(c2)NC(=O)[C@@H](CC(=O)N2CCCC2)CS3)cc1. The predicted octanol–water partition coefficient (Wildman–Crippen LogP) is 2.85. The molecular weight excluding hydrogens is 462 g/mol. The number of carbonyl (C=O) groups is 2. The molecule has 1 atom stereocenters. The number of nitrogens with zero attached hydrogens (tertiary/aromatic N) is 1. The summed E-state index contributed by atoms with van der Waals surface area (Å²) < 4.78 is 33.4. The highest BCUT2D eigenvalue weighted by molar-refractivity contribution is 7.99. The van der Waals surface area contributed by atoms with Gasteiger partial charge in [0.15, 0.2) is 0 Å². The van der Waals surface area contributed by atoms with Crippen LogP contribution in [0.1, 0.15) is 24.8 Å². The zero-order chi connectivity index (χ0) is 23.4. The van der Waals surface area contributed by atoms with Crippen molar-refractivity contribution in [1.82, 2.24) is 9.62 Å². The highest BCUT2D eigenvalue weighted by atomic mass is 32.2. The fourth-order valence-corrected chi connectivity index (χ4v) is 5.99. The molecule has 0 spiro atoms. The van der Waals surface area contributed by atoms with E-state index in [2.05, 4.69) is 10.0 Å². The first-order valence-corrected chi connectivity index (χ1v) is 13.3. The number of hydrogen-bond acceptors (Lipinski definition) is 6. The van der Waals surface area contributed by atoms with Gasteiger partial charge in [-0.05, 0) is 48.7 Å². The molecule has 4 rings (SSSR count). The lowest BCUT2D eigenvalue weighted by atomic mass is 10.1. The number of hydrogen-bond donors (Lipinski definition) is 2. The third-order valence-electron chi connectivity index (χ3n) is 5.84. The van der Waals surface area contributed by atoms with Crippen molar-refractivity contribution in [3.63, 3.8) is 0 Å². The topological polar surface area (TPSA) is 105 Å². The van der Waals surface area contributed by atoms with Gasteiger partial charge in [-0.1, -0.05) is 12.1 Å². The third-order valence-corrected chi connectivity index (χ3v) is 8.47. The van der Waals surface area contributed by atoms with E-state index in [1.54, 1.807) is 37.4 Å². The van der Waals surface area contributed by atoms with E-state index < -0.39 is 15.9 Å². The summed E-state index contributed by atoms with van der Waals surface area (Å²) in [6, 6.07) is 11.8. The van der Waals surface area contributed by atoms with E-state index in [1.807, 2.05) is 4.90 Å². The summed E-state index contributed by atoms with van der Waals surface area (Å²) in [5.41, 5.74) is 1.25. The number of carbonyl (C=O) groups excluding carboxylic acids is 2. The average molecular weight is 490 g/mol. The van der Waals surface area contributed by atoms with Gasteiger partial charge in [-0.25, -0.2) is 13.1 Å². The van der Waals surface area contributed by atoms with Gasteiger partial charge in [0.1, 0.15) is 5.75 Å². The normalized spacial score (nSPS) is 18.4. The van der Waals surface area contributed by atoms with Crippen LogP contribution in [0.3, 0.4) is 0 Å². The van der Waals surface area contributed by atoms with Crippen LogP contribution in [0.25, 0.3) is 0 Å². The van der Waals surface area contributed by atoms with Gasteiger partial charge in [0.05, 0.1) is 23.6 Å². The Balaban J connectivity index is 1.42. The number of benzene rings is 2. The smallest absolute Gasteiger partial charge is 0.240 e. The van der Waals surface area contributed by atoms with Crippen LogP contribution in [0.2, 0.25) is 0 Å². The quantitative estimate of drug-likeness (QED) is 0.620. The van der Waals surface area contributed by atoms with Gasteiger partial charge in [0.2, 0.25) is 21.8 Å². The molecule has 8 nitrogen and oxygen atoms in total. The zero-order valence-electron chi connectivity index (χ0n) is 18.4. The minimum Gasteiger partial charge on any atom is -0.497 e. The molecule has 2 aromatic carbocycles. The summed E-state index contributed by atoms with van der Waals surface area (Å²) in [7, 11) is -2.21. The minimum absolute atomic E-state index is 0.00482. The Kier molecular flexibility index (Phi) is 7.26. The number of anilines is 1. The second kappa shape index (κ2) is 10.1. The van der Waals surface area contributed by atoms with Crippen molar-refractivity contribution in [2.45, 2.75) is 35.6 Å². The van der Waals surface area contributed by atoms with Crippen molar-refractivity contribution >= 4 is 39.3 Å². The molecule has 1 saturated heterocycles. The largest absolute Gasteiger partial charge is 0.497 e. The summed E-state index contributed by atoms with van der Waals surface area (Å²) in [5.74, 6) is 0.463. The van der Waals surface area contributed by atoms with Crippen LogP contribution < -0.4 is 14.8 Å². The number of nitrogens with one attached hydrogen (secondary N) is 2. The summed E-state index contributed by atoms with van der Waals surface area (Å²) in [6.07, 6.45) is 2.18. The van der Waals surface area contributed by atoms with Gasteiger partial charge in [-0.15, -0.1) is 11.8 Å². The van der Waals surface area contributed by atoms with Gasteiger partial charge in [0.25, 0.3) is 0 Å². The van der Waals surface area contributed by atoms with Crippen molar-refractivity contribution < 1.29 is 22.7 Å². The molecule has 2 heterocycles. The summed E-state index contributed by atoms with van der Waals surface area (Å²) in [6.45, 7) is 1.64. The van der Waals surface area contributed by atoms with Gasteiger partial charge in [0, 0.05) is 36.7 Å². The first-order chi connectivity index (χ1) is 15.9. The molecule has 2 aliphatic heterocycles. The maximum absolute atomic E-state index is 12.8. The second-order valence-corrected chi connectivity index (χ2v) is 10.9. The Morgan fingerprint density at radius 1 is 1.18 bits per heavy atom. The van der Waals surface area contributed by atoms with E-state index in [0.717, 1.165) is 36.4 Å². The van der Waals surface area contributed by atoms with Gasteiger partial charge in [-0.2, -0.15) is 0 Å². The van der Waals surface area contributed by atoms with Crippen LogP contribution in [0.5, 0.6) is 5.75 Å². The monoisotopic (exact) mass is 489 g/mol. The fourth-order valence-electron chi connectivity index (χ4n) is 3.86. The number of methoxy groups -OCH3 is 1. The van der Waals surface area contributed by atoms with Gasteiger partial charge >= 0.3 is 0 Å². The molecule has 0 unspecified atom stereocenters. The van der Waals surface area contributed by atoms with Crippen molar-refractivity contribution in [2.24, 2.45) is 5.92 Å². The number of sulfonamides is 1. The highest BCUT2D eigenvalue weighted by Crippen LogP contribution is 2.35. The number of fused-ring (bicyclic) bond motifs is 1. The maximum Gasteiger partial charge on any atom is 0.240 e. The number of rotatable bonds is 7. The van der Waals surface area contributed by atoms with Crippen molar-refractivity contribution in [2.75, 3.05) is 31.3 Å². The molecule has 10 heteroatoms. The van der Waals surface area contributed by atoms with E-state index in [-0.39, 0.29) is 29.7 Å². The predicted molar refractivity (Wildman–Crippen MR) is 127 cm³/mol. The molecule has 0 aliphatic carbocycles. The molecule has 2 amide bonds. The molecule has 0 saturated carbocycles. The molecule has 2 aromatic rings. The zero-order valence-corrected chi connectivity index (χ0v) is 20.0. The Hall–Kier alpha value is -2.56. The van der Waals surface area contributed by atoms with Crippen LogP contribution in [0.15, 0.2) is 52.3 Å².